The van der Waals surface area contributed by atoms with Gasteiger partial charge in [0.25, 0.3) is 0 Å². The van der Waals surface area contributed by atoms with Gasteiger partial charge in [-0.25, -0.2) is 4.98 Å². The third-order valence-electron chi connectivity index (χ3n) is 3.25. The molecule has 5 nitrogen and oxygen atoms in total. The van der Waals surface area contributed by atoms with E-state index in [1.54, 1.807) is 6.20 Å². The molecule has 1 aliphatic heterocycles. The van der Waals surface area contributed by atoms with Gasteiger partial charge in [-0.1, -0.05) is 18.5 Å². The zero-order chi connectivity index (χ0) is 13.1. The second kappa shape index (κ2) is 5.63. The number of carbonyl (C=O) groups is 1. The molecule has 2 atom stereocenters. The van der Waals surface area contributed by atoms with E-state index < -0.39 is 0 Å². The summed E-state index contributed by atoms with van der Waals surface area (Å²) in [5, 5.41) is 0.390. The van der Waals surface area contributed by atoms with Gasteiger partial charge >= 0.3 is 5.97 Å². The summed E-state index contributed by atoms with van der Waals surface area (Å²) in [5.41, 5.74) is 0.858. The summed E-state index contributed by atoms with van der Waals surface area (Å²) in [6.07, 6.45) is 3.20. The molecular weight excluding hydrogens is 254 g/mol. The highest BCUT2D eigenvalue weighted by atomic mass is 35.5. The van der Waals surface area contributed by atoms with E-state index in [0.29, 0.717) is 24.2 Å². The summed E-state index contributed by atoms with van der Waals surface area (Å²) >= 11 is 5.69. The Morgan fingerprint density at radius 3 is 2.89 bits per heavy atom. The van der Waals surface area contributed by atoms with E-state index in [2.05, 4.69) is 21.8 Å². The minimum Gasteiger partial charge on any atom is -0.469 e. The monoisotopic (exact) mass is 269 g/mol. The molecule has 6 heteroatoms. The molecule has 0 N–H and O–H groups in total. The summed E-state index contributed by atoms with van der Waals surface area (Å²) in [6, 6.07) is 0. The fourth-order valence-corrected chi connectivity index (χ4v) is 2.40. The third kappa shape index (κ3) is 2.97. The Bertz CT molecular complexity index is 424. The number of halogens is 1. The first-order valence-electron chi connectivity index (χ1n) is 5.86. The lowest BCUT2D eigenvalue weighted by Crippen LogP contribution is -2.24. The topological polar surface area (TPSA) is 55.3 Å². The number of ether oxygens (including phenoxy) is 1. The highest BCUT2D eigenvalue weighted by Crippen LogP contribution is 2.25. The van der Waals surface area contributed by atoms with E-state index >= 15 is 0 Å². The summed E-state index contributed by atoms with van der Waals surface area (Å²) in [6.45, 7) is 4.32. The Morgan fingerprint density at radius 2 is 2.28 bits per heavy atom. The second-order valence-corrected chi connectivity index (χ2v) is 5.02. The average Bonchev–Trinajstić information content (AvgIpc) is 2.72. The van der Waals surface area contributed by atoms with Crippen LogP contribution in [0.2, 0.25) is 5.15 Å². The van der Waals surface area contributed by atoms with Crippen LogP contribution in [0.5, 0.6) is 0 Å². The number of esters is 1. The van der Waals surface area contributed by atoms with Gasteiger partial charge < -0.3 is 4.74 Å². The lowest BCUT2D eigenvalue weighted by atomic mass is 9.99. The first kappa shape index (κ1) is 13.2. The van der Waals surface area contributed by atoms with Crippen molar-refractivity contribution < 1.29 is 9.53 Å². The van der Waals surface area contributed by atoms with Crippen LogP contribution in [0.4, 0.5) is 0 Å². The van der Waals surface area contributed by atoms with Crippen molar-refractivity contribution in [2.24, 2.45) is 11.8 Å². The zero-order valence-corrected chi connectivity index (χ0v) is 11.2. The first-order chi connectivity index (χ1) is 8.60. The van der Waals surface area contributed by atoms with Crippen LogP contribution in [-0.4, -0.2) is 41.0 Å². The molecular formula is C12H16ClN3O2. The summed E-state index contributed by atoms with van der Waals surface area (Å²) in [7, 11) is 1.43. The summed E-state index contributed by atoms with van der Waals surface area (Å²) < 4.78 is 4.81. The number of likely N-dealkylation sites (tertiary alicyclic amines) is 1. The lowest BCUT2D eigenvalue weighted by molar-refractivity contribution is -0.146. The van der Waals surface area contributed by atoms with Gasteiger partial charge in [0.15, 0.2) is 0 Å². The summed E-state index contributed by atoms with van der Waals surface area (Å²) in [4.78, 5) is 22.0. The maximum Gasteiger partial charge on any atom is 0.310 e. The fraction of sp³-hybridized carbons (Fsp3) is 0.583. The lowest BCUT2D eigenvalue weighted by Gasteiger charge is -2.14. The van der Waals surface area contributed by atoms with Crippen LogP contribution in [0.3, 0.4) is 0 Å². The second-order valence-electron chi connectivity index (χ2n) is 4.63. The predicted octanol–water partition coefficient (Wildman–Crippen LogP) is 1.37. The summed E-state index contributed by atoms with van der Waals surface area (Å²) in [5.74, 6) is 0.125. The van der Waals surface area contributed by atoms with E-state index in [0.717, 1.165) is 12.2 Å². The third-order valence-corrected chi connectivity index (χ3v) is 3.45. The van der Waals surface area contributed by atoms with Crippen molar-refractivity contribution in [2.75, 3.05) is 20.2 Å². The van der Waals surface area contributed by atoms with Crippen LogP contribution in [0.15, 0.2) is 12.4 Å². The maximum atomic E-state index is 11.6. The fourth-order valence-electron chi connectivity index (χ4n) is 2.30. The highest BCUT2D eigenvalue weighted by molar-refractivity contribution is 6.29. The molecule has 1 saturated heterocycles. The predicted molar refractivity (Wildman–Crippen MR) is 67.0 cm³/mol. The van der Waals surface area contributed by atoms with Crippen LogP contribution in [-0.2, 0) is 16.1 Å². The van der Waals surface area contributed by atoms with Gasteiger partial charge in [0.05, 0.1) is 31.1 Å². The van der Waals surface area contributed by atoms with Gasteiger partial charge in [0, 0.05) is 19.6 Å². The van der Waals surface area contributed by atoms with Gasteiger partial charge in [0.1, 0.15) is 5.15 Å². The van der Waals surface area contributed by atoms with Crippen LogP contribution in [0.1, 0.15) is 12.6 Å². The van der Waals surface area contributed by atoms with E-state index in [9.17, 15) is 4.79 Å². The molecule has 2 rings (SSSR count). The quantitative estimate of drug-likeness (QED) is 0.776. The number of nitrogens with zero attached hydrogens (tertiary/aromatic N) is 3. The Hall–Kier alpha value is -1.20. The molecule has 0 aromatic carbocycles. The molecule has 1 aromatic heterocycles. The minimum absolute atomic E-state index is 0.0461. The molecule has 0 spiro atoms. The normalized spacial score (nSPS) is 24.2. The van der Waals surface area contributed by atoms with Gasteiger partial charge in [-0.05, 0) is 5.92 Å². The smallest absolute Gasteiger partial charge is 0.310 e. The Kier molecular flexibility index (Phi) is 4.14. The van der Waals surface area contributed by atoms with E-state index in [1.165, 1.54) is 13.3 Å². The molecule has 1 aliphatic rings. The number of hydrogen-bond acceptors (Lipinski definition) is 5. The van der Waals surface area contributed by atoms with Crippen molar-refractivity contribution in [1.29, 1.82) is 0 Å². The molecule has 0 saturated carbocycles. The SMILES string of the molecule is COC(=O)C1CN(Cc2cnc(Cl)cn2)CC1C. The van der Waals surface area contributed by atoms with Crippen molar-refractivity contribution in [2.45, 2.75) is 13.5 Å². The number of methoxy groups -OCH3 is 1. The van der Waals surface area contributed by atoms with Gasteiger partial charge in [-0.2, -0.15) is 0 Å². The van der Waals surface area contributed by atoms with Gasteiger partial charge in [-0.15, -0.1) is 0 Å². The van der Waals surface area contributed by atoms with E-state index in [-0.39, 0.29) is 11.9 Å². The Labute approximate surface area is 111 Å². The average molecular weight is 270 g/mol. The van der Waals surface area contributed by atoms with Crippen molar-refractivity contribution in [3.8, 4) is 0 Å². The zero-order valence-electron chi connectivity index (χ0n) is 10.5. The van der Waals surface area contributed by atoms with Crippen LogP contribution in [0.25, 0.3) is 0 Å². The molecule has 2 heterocycles. The Balaban J connectivity index is 1.96. The number of hydrogen-bond donors (Lipinski definition) is 0. The first-order valence-corrected chi connectivity index (χ1v) is 6.24. The van der Waals surface area contributed by atoms with Crippen LogP contribution >= 0.6 is 11.6 Å². The molecule has 0 amide bonds. The van der Waals surface area contributed by atoms with E-state index in [4.69, 9.17) is 16.3 Å². The highest BCUT2D eigenvalue weighted by Gasteiger charge is 2.35. The standard InChI is InChI=1S/C12H16ClN3O2/c1-8-5-16(7-10(8)12(17)18-2)6-9-3-15-11(13)4-14-9/h3-4,8,10H,5-7H2,1-2H3. The van der Waals surface area contributed by atoms with Gasteiger partial charge in [0.2, 0.25) is 0 Å². The van der Waals surface area contributed by atoms with Crippen LogP contribution < -0.4 is 0 Å². The molecule has 0 bridgehead atoms. The maximum absolute atomic E-state index is 11.6. The Morgan fingerprint density at radius 1 is 1.50 bits per heavy atom. The molecule has 1 fully saturated rings. The molecule has 0 aliphatic carbocycles. The molecule has 98 valence electrons. The van der Waals surface area contributed by atoms with Crippen LogP contribution in [0, 0.1) is 11.8 Å². The minimum atomic E-state index is -0.132. The number of carbonyl (C=O) groups excluding carboxylic acids is 1. The largest absolute Gasteiger partial charge is 0.469 e. The van der Waals surface area contributed by atoms with Crippen molar-refractivity contribution in [3.05, 3.63) is 23.2 Å². The molecule has 2 unspecified atom stereocenters. The van der Waals surface area contributed by atoms with Crippen molar-refractivity contribution in [1.82, 2.24) is 14.9 Å². The van der Waals surface area contributed by atoms with Crippen molar-refractivity contribution in [3.63, 3.8) is 0 Å². The van der Waals surface area contributed by atoms with Crippen molar-refractivity contribution >= 4 is 17.6 Å². The van der Waals surface area contributed by atoms with Gasteiger partial charge in [-0.3, -0.25) is 14.7 Å². The molecule has 18 heavy (non-hydrogen) atoms. The molecule has 1 aromatic rings. The number of aromatic nitrogens is 2. The number of rotatable bonds is 3. The van der Waals surface area contributed by atoms with E-state index in [1.807, 2.05) is 0 Å². The molecule has 0 radical (unpaired) electrons.